The quantitative estimate of drug-likeness (QED) is 0.535. The second kappa shape index (κ2) is 10.9. The van der Waals surface area contributed by atoms with Gasteiger partial charge in [-0.2, -0.15) is 0 Å². The first-order valence-corrected chi connectivity index (χ1v) is 8.61. The van der Waals surface area contributed by atoms with E-state index in [2.05, 4.69) is 21.8 Å². The van der Waals surface area contributed by atoms with Crippen LogP contribution in [0.2, 0.25) is 0 Å². The molecule has 2 rings (SSSR count). The van der Waals surface area contributed by atoms with Gasteiger partial charge in [-0.05, 0) is 17.7 Å². The van der Waals surface area contributed by atoms with Gasteiger partial charge in [-0.1, -0.05) is 48.5 Å². The van der Waals surface area contributed by atoms with Gasteiger partial charge in [0.2, 0.25) is 0 Å². The van der Waals surface area contributed by atoms with Gasteiger partial charge in [0.25, 0.3) is 0 Å². The van der Waals surface area contributed by atoms with Crippen molar-refractivity contribution in [2.45, 2.75) is 13.1 Å². The molecule has 144 valence electrons. The molecule has 0 atom stereocenters. The number of para-hydroxylation sites is 1. The fraction of sp³-hybridized carbons (Fsp3) is 0.286. The number of phenolic OH excluding ortho intramolecular Hbond substituents is 1. The van der Waals surface area contributed by atoms with Crippen molar-refractivity contribution in [2.75, 3.05) is 27.4 Å². The zero-order valence-corrected chi connectivity index (χ0v) is 15.6. The summed E-state index contributed by atoms with van der Waals surface area (Å²) in [5.41, 5.74) is 2.07. The molecule has 0 saturated carbocycles. The predicted octanol–water partition coefficient (Wildman–Crippen LogP) is 3.74. The molecule has 0 unspecified atom stereocenters. The molecule has 0 amide bonds. The van der Waals surface area contributed by atoms with Crippen molar-refractivity contribution >= 4 is 6.16 Å². The van der Waals surface area contributed by atoms with Gasteiger partial charge in [-0.25, -0.2) is 4.79 Å². The van der Waals surface area contributed by atoms with Gasteiger partial charge in [-0.15, -0.1) is 0 Å². The van der Waals surface area contributed by atoms with Crippen LogP contribution in [0.5, 0.6) is 11.5 Å². The number of benzene rings is 2. The smallest absolute Gasteiger partial charge is 0.504 e. The number of phenols is 1. The molecule has 0 saturated heterocycles. The Morgan fingerprint density at radius 3 is 2.52 bits per heavy atom. The van der Waals surface area contributed by atoms with Crippen LogP contribution in [0.3, 0.4) is 0 Å². The Kier molecular flexibility index (Phi) is 8.19. The summed E-state index contributed by atoms with van der Waals surface area (Å²) >= 11 is 0. The minimum Gasteiger partial charge on any atom is -0.504 e. The van der Waals surface area contributed by atoms with Gasteiger partial charge in [-0.3, -0.25) is 4.90 Å². The molecule has 0 spiro atoms. The third-order valence-electron chi connectivity index (χ3n) is 3.92. The first-order valence-electron chi connectivity index (χ1n) is 8.61. The van der Waals surface area contributed by atoms with Gasteiger partial charge >= 0.3 is 6.16 Å². The molecular weight excluding hydrogens is 346 g/mol. The summed E-state index contributed by atoms with van der Waals surface area (Å²) in [5.74, 6) is 0.602. The highest BCUT2D eigenvalue weighted by molar-refractivity contribution is 5.59. The van der Waals surface area contributed by atoms with E-state index in [4.69, 9.17) is 9.47 Å². The van der Waals surface area contributed by atoms with E-state index in [9.17, 15) is 9.90 Å². The summed E-state index contributed by atoms with van der Waals surface area (Å²) in [6.07, 6.45) is 3.00. The number of carbonyl (C=O) groups excluding carboxylic acids is 1. The largest absolute Gasteiger partial charge is 0.508 e. The van der Waals surface area contributed by atoms with E-state index >= 15 is 0 Å². The number of aromatic hydroxyl groups is 1. The van der Waals surface area contributed by atoms with Crippen molar-refractivity contribution in [3.8, 4) is 11.5 Å². The number of hydrogen-bond donors (Lipinski definition) is 1. The maximum atomic E-state index is 11.0. The lowest BCUT2D eigenvalue weighted by atomic mass is 10.1. The summed E-state index contributed by atoms with van der Waals surface area (Å²) in [6.45, 7) is 2.11. The Morgan fingerprint density at radius 1 is 1.04 bits per heavy atom. The van der Waals surface area contributed by atoms with Crippen LogP contribution in [0.4, 0.5) is 4.79 Å². The van der Waals surface area contributed by atoms with E-state index in [0.29, 0.717) is 18.8 Å². The average molecular weight is 371 g/mol. The van der Waals surface area contributed by atoms with Crippen molar-refractivity contribution in [1.82, 2.24) is 4.90 Å². The van der Waals surface area contributed by atoms with Crippen LogP contribution in [0.1, 0.15) is 11.1 Å². The first-order chi connectivity index (χ1) is 13.1. The topological polar surface area (TPSA) is 68.2 Å². The third-order valence-corrected chi connectivity index (χ3v) is 3.92. The molecule has 6 heteroatoms. The highest BCUT2D eigenvalue weighted by Gasteiger charge is 2.12. The summed E-state index contributed by atoms with van der Waals surface area (Å²) in [4.78, 5) is 13.2. The van der Waals surface area contributed by atoms with Crippen molar-refractivity contribution in [2.24, 2.45) is 0 Å². The Labute approximate surface area is 159 Å². The second-order valence-electron chi connectivity index (χ2n) is 5.86. The molecule has 0 aliphatic carbocycles. The summed E-state index contributed by atoms with van der Waals surface area (Å²) in [6, 6.07) is 15.5. The normalized spacial score (nSPS) is 10.9. The Balaban J connectivity index is 2.07. The zero-order chi connectivity index (χ0) is 19.5. The van der Waals surface area contributed by atoms with Crippen molar-refractivity contribution < 1.29 is 24.1 Å². The highest BCUT2D eigenvalue weighted by Crippen LogP contribution is 2.30. The van der Waals surface area contributed by atoms with Crippen molar-refractivity contribution in [3.63, 3.8) is 0 Å². The van der Waals surface area contributed by atoms with Gasteiger partial charge < -0.3 is 19.3 Å². The number of carbonyl (C=O) groups is 1. The molecule has 1 N–H and O–H groups in total. The molecule has 27 heavy (non-hydrogen) atoms. The van der Waals surface area contributed by atoms with Gasteiger partial charge in [0.05, 0.1) is 14.2 Å². The second-order valence-corrected chi connectivity index (χ2v) is 5.86. The molecule has 0 radical (unpaired) electrons. The molecule has 2 aromatic carbocycles. The van der Waals surface area contributed by atoms with Crippen LogP contribution in [0.15, 0.2) is 60.7 Å². The number of nitrogens with zero attached hydrogens (tertiary/aromatic N) is 1. The Hall–Kier alpha value is -2.99. The third kappa shape index (κ3) is 6.67. The number of hydrogen-bond acceptors (Lipinski definition) is 6. The fourth-order valence-electron chi connectivity index (χ4n) is 2.67. The molecule has 0 aliphatic rings. The maximum Gasteiger partial charge on any atom is 0.508 e. The van der Waals surface area contributed by atoms with Gasteiger partial charge in [0.1, 0.15) is 6.61 Å². The van der Waals surface area contributed by atoms with Gasteiger partial charge in [0.15, 0.2) is 11.5 Å². The lowest BCUT2D eigenvalue weighted by Crippen LogP contribution is -2.23. The minimum atomic E-state index is -0.703. The first kappa shape index (κ1) is 20.3. The molecule has 0 aliphatic heterocycles. The summed E-state index contributed by atoms with van der Waals surface area (Å²) in [7, 11) is 2.82. The summed E-state index contributed by atoms with van der Waals surface area (Å²) < 4.78 is 14.6. The van der Waals surface area contributed by atoms with E-state index < -0.39 is 6.16 Å². The zero-order valence-electron chi connectivity index (χ0n) is 15.6. The Bertz CT molecular complexity index is 745. The standard InChI is InChI=1S/C21H25NO5/c1-25-20-18(11-8-12-19(20)23)16-22(15-17-9-4-3-5-10-17)13-6-7-14-27-21(24)26-2/h3-12,23H,13-16H2,1-2H3/b7-6+. The van der Waals surface area contributed by atoms with E-state index in [1.165, 1.54) is 12.7 Å². The van der Waals surface area contributed by atoms with Crippen LogP contribution in [-0.4, -0.2) is 43.5 Å². The molecule has 0 aromatic heterocycles. The molecule has 0 bridgehead atoms. The fourth-order valence-corrected chi connectivity index (χ4v) is 2.67. The predicted molar refractivity (Wildman–Crippen MR) is 103 cm³/mol. The average Bonchev–Trinajstić information content (AvgIpc) is 2.68. The molecule has 6 nitrogen and oxygen atoms in total. The van der Waals surface area contributed by atoms with Crippen LogP contribution >= 0.6 is 0 Å². The van der Waals surface area contributed by atoms with Crippen LogP contribution < -0.4 is 4.74 Å². The Morgan fingerprint density at radius 2 is 1.81 bits per heavy atom. The molecule has 2 aromatic rings. The van der Waals surface area contributed by atoms with Crippen molar-refractivity contribution in [3.05, 3.63) is 71.8 Å². The number of ether oxygens (including phenoxy) is 3. The van der Waals surface area contributed by atoms with E-state index in [1.54, 1.807) is 25.3 Å². The van der Waals surface area contributed by atoms with Crippen LogP contribution in [0.25, 0.3) is 0 Å². The minimum absolute atomic E-state index is 0.122. The lowest BCUT2D eigenvalue weighted by Gasteiger charge is -2.22. The monoisotopic (exact) mass is 371 g/mol. The lowest BCUT2D eigenvalue weighted by molar-refractivity contribution is 0.0817. The van der Waals surface area contributed by atoms with Gasteiger partial charge in [0, 0.05) is 25.2 Å². The van der Waals surface area contributed by atoms with Crippen molar-refractivity contribution in [1.29, 1.82) is 0 Å². The van der Waals surface area contributed by atoms with E-state index in [-0.39, 0.29) is 12.4 Å². The van der Waals surface area contributed by atoms with Crippen LogP contribution in [-0.2, 0) is 22.6 Å². The number of methoxy groups -OCH3 is 2. The van der Waals surface area contributed by atoms with E-state index in [0.717, 1.165) is 12.1 Å². The maximum absolute atomic E-state index is 11.0. The number of rotatable bonds is 9. The van der Waals surface area contributed by atoms with E-state index in [1.807, 2.05) is 30.3 Å². The highest BCUT2D eigenvalue weighted by atomic mass is 16.7. The molecule has 0 heterocycles. The summed E-state index contributed by atoms with van der Waals surface area (Å²) in [5, 5.41) is 10.00. The SMILES string of the molecule is COC(=O)OC/C=C/CN(Cc1ccccc1)Cc1cccc(O)c1OC. The molecular formula is C21H25NO5. The van der Waals surface area contributed by atoms with Crippen LogP contribution in [0, 0.1) is 0 Å². The molecule has 0 fully saturated rings.